The fourth-order valence-electron chi connectivity index (χ4n) is 1.52. The van der Waals surface area contributed by atoms with Crippen molar-refractivity contribution in [1.82, 2.24) is 0 Å². The minimum absolute atomic E-state index is 0. The molecule has 0 aromatic heterocycles. The molecule has 1 unspecified atom stereocenters. The molecule has 0 saturated carbocycles. The molecule has 0 bridgehead atoms. The second-order valence-corrected chi connectivity index (χ2v) is 4.94. The molecule has 1 fully saturated rings. The number of hydrogen-bond acceptors (Lipinski definition) is 3. The number of rotatable bonds is 3. The average Bonchev–Trinajstić information content (AvgIpc) is 2.65. The second kappa shape index (κ2) is 7.74. The second-order valence-electron chi connectivity index (χ2n) is 3.71. The van der Waals surface area contributed by atoms with Gasteiger partial charge in [-0.3, -0.25) is 0 Å². The van der Waals surface area contributed by atoms with Crippen LogP contribution >= 0.6 is 11.8 Å². The van der Waals surface area contributed by atoms with E-state index in [1.165, 1.54) is 4.90 Å². The minimum atomic E-state index is 0. The monoisotopic (exact) mass is 356 g/mol. The molecule has 0 spiro atoms. The maximum absolute atomic E-state index is 5.53. The van der Waals surface area contributed by atoms with Gasteiger partial charge in [-0.1, -0.05) is 18.7 Å². The molecule has 1 saturated heterocycles. The number of benzene rings is 1. The van der Waals surface area contributed by atoms with Crippen molar-refractivity contribution in [2.75, 3.05) is 7.11 Å². The van der Waals surface area contributed by atoms with E-state index in [-0.39, 0.29) is 74.3 Å². The van der Waals surface area contributed by atoms with Crippen LogP contribution in [0, 0.1) is 12.5 Å². The molecule has 0 aliphatic carbocycles. The van der Waals surface area contributed by atoms with Crippen molar-refractivity contribution < 1.29 is 78.4 Å². The fourth-order valence-corrected chi connectivity index (χ4v) is 2.63. The van der Waals surface area contributed by atoms with Gasteiger partial charge in [-0.05, 0) is 30.7 Å². The Balaban J connectivity index is 0.00000128. The predicted octanol–water partition coefficient (Wildman–Crippen LogP) is 0.336. The summed E-state index contributed by atoms with van der Waals surface area (Å²) in [6.45, 7) is 4.11. The van der Waals surface area contributed by atoms with Crippen LogP contribution in [-0.2, 0) is 4.74 Å². The third kappa shape index (κ3) is 4.57. The molecule has 82 valence electrons. The molecule has 1 heterocycles. The van der Waals surface area contributed by atoms with Crippen LogP contribution in [0.1, 0.15) is 13.3 Å². The summed E-state index contributed by atoms with van der Waals surface area (Å²) in [4.78, 5) is 1.23. The molecule has 2 rings (SSSR count). The van der Waals surface area contributed by atoms with Gasteiger partial charge in [0.2, 0.25) is 0 Å². The van der Waals surface area contributed by atoms with E-state index in [0.29, 0.717) is 5.92 Å². The average molecular weight is 356 g/mol. The number of methoxy groups -OCH3 is 1. The molecule has 0 N–H and O–H groups in total. The van der Waals surface area contributed by atoms with Gasteiger partial charge in [-0.25, -0.2) is 6.61 Å². The SMILES string of the molecule is COc1ccc(SC2C[C@@H](C)[CH-]O2)cc1.[Cs+]. The Bertz CT molecular complexity index is 315. The largest absolute Gasteiger partial charge is 1.00 e. The summed E-state index contributed by atoms with van der Waals surface area (Å²) in [5.41, 5.74) is 0.272. The molecule has 2 atom stereocenters. The van der Waals surface area contributed by atoms with Crippen molar-refractivity contribution in [3.63, 3.8) is 0 Å². The Labute approximate surface area is 160 Å². The molecule has 2 nitrogen and oxygen atoms in total. The van der Waals surface area contributed by atoms with E-state index in [1.807, 2.05) is 18.7 Å². The topological polar surface area (TPSA) is 18.5 Å². The summed E-state index contributed by atoms with van der Waals surface area (Å²) >= 11 is 1.77. The zero-order chi connectivity index (χ0) is 10.7. The Hall–Kier alpha value is 1.38. The first kappa shape index (κ1) is 15.4. The van der Waals surface area contributed by atoms with Gasteiger partial charge in [0.1, 0.15) is 5.75 Å². The number of ether oxygens (including phenoxy) is 2. The van der Waals surface area contributed by atoms with Gasteiger partial charge in [0.15, 0.2) is 0 Å². The van der Waals surface area contributed by atoms with Crippen molar-refractivity contribution in [2.24, 2.45) is 5.92 Å². The summed E-state index contributed by atoms with van der Waals surface area (Å²) in [5.74, 6) is 1.47. The van der Waals surface area contributed by atoms with Crippen molar-refractivity contribution in [3.8, 4) is 5.75 Å². The van der Waals surface area contributed by atoms with E-state index in [1.54, 1.807) is 18.9 Å². The van der Waals surface area contributed by atoms with Crippen LogP contribution in [0.4, 0.5) is 0 Å². The van der Waals surface area contributed by atoms with Crippen LogP contribution in [-0.4, -0.2) is 12.5 Å². The van der Waals surface area contributed by atoms with Gasteiger partial charge in [0, 0.05) is 4.90 Å². The molecule has 4 heteroatoms. The molecule has 16 heavy (non-hydrogen) atoms. The fraction of sp³-hybridized carbons (Fsp3) is 0.417. The first-order chi connectivity index (χ1) is 7.28. The first-order valence-electron chi connectivity index (χ1n) is 5.07. The van der Waals surface area contributed by atoms with Crippen molar-refractivity contribution >= 4 is 11.8 Å². The van der Waals surface area contributed by atoms with E-state index < -0.39 is 0 Å². The van der Waals surface area contributed by atoms with Crippen molar-refractivity contribution in [3.05, 3.63) is 30.9 Å². The summed E-state index contributed by atoms with van der Waals surface area (Å²) in [6.07, 6.45) is 1.09. The zero-order valence-corrected chi connectivity index (χ0v) is 17.1. The molecular weight excluding hydrogens is 341 g/mol. The Morgan fingerprint density at radius 2 is 2.06 bits per heavy atom. The summed E-state index contributed by atoms with van der Waals surface area (Å²) < 4.78 is 10.6. The maximum atomic E-state index is 5.53. The van der Waals surface area contributed by atoms with Gasteiger partial charge in [0.05, 0.1) is 12.5 Å². The van der Waals surface area contributed by atoms with Crippen LogP contribution in [0.25, 0.3) is 0 Å². The number of thioether (sulfide) groups is 1. The van der Waals surface area contributed by atoms with Crippen LogP contribution in [0.5, 0.6) is 5.75 Å². The van der Waals surface area contributed by atoms with E-state index in [0.717, 1.165) is 12.2 Å². The molecule has 0 radical (unpaired) electrons. The third-order valence-electron chi connectivity index (χ3n) is 2.35. The van der Waals surface area contributed by atoms with Gasteiger partial charge in [0.25, 0.3) is 0 Å². The van der Waals surface area contributed by atoms with Crippen molar-refractivity contribution in [2.45, 2.75) is 23.7 Å². The van der Waals surface area contributed by atoms with Crippen LogP contribution in [0.15, 0.2) is 29.2 Å². The quantitative estimate of drug-likeness (QED) is 0.728. The third-order valence-corrected chi connectivity index (χ3v) is 3.46. The summed E-state index contributed by atoms with van der Waals surface area (Å²) in [7, 11) is 1.68. The smallest absolute Gasteiger partial charge is 0.542 e. The van der Waals surface area contributed by atoms with Crippen LogP contribution in [0.3, 0.4) is 0 Å². The molecule has 1 aliphatic heterocycles. The van der Waals surface area contributed by atoms with E-state index in [2.05, 4.69) is 19.1 Å². The van der Waals surface area contributed by atoms with Gasteiger partial charge >= 0.3 is 68.9 Å². The number of hydrogen-bond donors (Lipinski definition) is 0. The molecule has 1 aliphatic rings. The van der Waals surface area contributed by atoms with Crippen LogP contribution < -0.4 is 73.6 Å². The summed E-state index contributed by atoms with van der Waals surface area (Å²) in [6, 6.07) is 8.08. The molecule has 1 aromatic rings. The minimum Gasteiger partial charge on any atom is -0.542 e. The molecule has 0 amide bonds. The van der Waals surface area contributed by atoms with Crippen molar-refractivity contribution in [1.29, 1.82) is 0 Å². The standard InChI is InChI=1S/C12H15O2S.Cs/c1-9-7-12(14-8-9)15-11-5-3-10(13-2)4-6-11;/h3-6,8-9,12H,7H2,1-2H3;/q-1;+1/t9-,12?;/m1./s1. The van der Waals surface area contributed by atoms with E-state index >= 15 is 0 Å². The zero-order valence-electron chi connectivity index (χ0n) is 9.97. The van der Waals surface area contributed by atoms with E-state index in [9.17, 15) is 0 Å². The Morgan fingerprint density at radius 1 is 1.38 bits per heavy atom. The van der Waals surface area contributed by atoms with Crippen LogP contribution in [0.2, 0.25) is 0 Å². The first-order valence-corrected chi connectivity index (χ1v) is 5.95. The normalized spacial score (nSPS) is 23.9. The summed E-state index contributed by atoms with van der Waals surface area (Å²) in [5, 5.41) is 0. The van der Waals surface area contributed by atoms with Gasteiger partial charge in [-0.2, -0.15) is 0 Å². The Morgan fingerprint density at radius 3 is 2.56 bits per heavy atom. The molecule has 1 aromatic carbocycles. The van der Waals surface area contributed by atoms with Gasteiger partial charge in [-0.15, -0.1) is 5.92 Å². The maximum Gasteiger partial charge on any atom is 1.00 e. The molecular formula is C12H15CsO2S. The predicted molar refractivity (Wildman–Crippen MR) is 61.8 cm³/mol. The van der Waals surface area contributed by atoms with E-state index in [4.69, 9.17) is 9.47 Å². The van der Waals surface area contributed by atoms with Gasteiger partial charge < -0.3 is 9.47 Å². The Kier molecular flexibility index (Phi) is 7.47.